The standard InChI is InChI=1S/C39H56/c1-9-11-13-19-31-29-21-15-17-23-33(29)37(35(31)25-27(3)4)39(7,8)38-34-24-18-16-22-30(34)32(20-14-12-10-2)36(38)26-28(5)6/h15-18,21-24,27-28,37-38H,9-14,19-20,25-26H2,1-8H3. The molecular weight excluding hydrogens is 468 g/mol. The van der Waals surface area contributed by atoms with E-state index in [-0.39, 0.29) is 5.41 Å². The quantitative estimate of drug-likeness (QED) is 0.216. The third kappa shape index (κ3) is 6.16. The molecule has 0 saturated carbocycles. The molecule has 2 atom stereocenters. The van der Waals surface area contributed by atoms with Crippen LogP contribution in [0, 0.1) is 17.3 Å². The van der Waals surface area contributed by atoms with Crippen molar-refractivity contribution in [1.82, 2.24) is 0 Å². The predicted octanol–water partition coefficient (Wildman–Crippen LogP) is 12.4. The third-order valence-electron chi connectivity index (χ3n) is 9.47. The molecule has 2 aromatic rings. The molecule has 2 aliphatic rings. The van der Waals surface area contributed by atoms with Crippen LogP contribution in [0.3, 0.4) is 0 Å². The van der Waals surface area contributed by atoms with Crippen LogP contribution in [0.2, 0.25) is 0 Å². The molecule has 0 aliphatic heterocycles. The molecule has 39 heavy (non-hydrogen) atoms. The van der Waals surface area contributed by atoms with Gasteiger partial charge >= 0.3 is 0 Å². The van der Waals surface area contributed by atoms with Gasteiger partial charge in [0.15, 0.2) is 0 Å². The van der Waals surface area contributed by atoms with Gasteiger partial charge in [0, 0.05) is 11.8 Å². The lowest BCUT2D eigenvalue weighted by molar-refractivity contribution is 0.262. The average Bonchev–Trinajstić information content (AvgIpc) is 3.36. The Morgan fingerprint density at radius 2 is 0.974 bits per heavy atom. The fraction of sp³-hybridized carbons (Fsp3) is 0.590. The maximum absolute atomic E-state index is 2.63. The zero-order valence-corrected chi connectivity index (χ0v) is 26.5. The smallest absolute Gasteiger partial charge is 0.0120 e. The van der Waals surface area contributed by atoms with Gasteiger partial charge in [0.2, 0.25) is 0 Å². The molecule has 212 valence electrons. The molecule has 0 saturated heterocycles. The monoisotopic (exact) mass is 524 g/mol. The summed E-state index contributed by atoms with van der Waals surface area (Å²) in [4.78, 5) is 0. The lowest BCUT2D eigenvalue weighted by Gasteiger charge is -2.42. The van der Waals surface area contributed by atoms with E-state index in [0.717, 1.165) is 0 Å². The molecule has 2 aliphatic carbocycles. The van der Waals surface area contributed by atoms with E-state index >= 15 is 0 Å². The number of hydrogen-bond acceptors (Lipinski definition) is 0. The van der Waals surface area contributed by atoms with E-state index in [1.807, 2.05) is 0 Å². The summed E-state index contributed by atoms with van der Waals surface area (Å²) in [6.07, 6.45) is 12.7. The number of unbranched alkanes of at least 4 members (excludes halogenated alkanes) is 4. The van der Waals surface area contributed by atoms with Gasteiger partial charge in [-0.2, -0.15) is 0 Å². The summed E-state index contributed by atoms with van der Waals surface area (Å²) in [7, 11) is 0. The Bertz CT molecular complexity index is 1080. The van der Waals surface area contributed by atoms with Gasteiger partial charge in [0.1, 0.15) is 0 Å². The van der Waals surface area contributed by atoms with Crippen molar-refractivity contribution < 1.29 is 0 Å². The van der Waals surface area contributed by atoms with Crippen molar-refractivity contribution in [2.75, 3.05) is 0 Å². The number of hydrogen-bond donors (Lipinski definition) is 0. The SMILES string of the molecule is CCCCCC1=C(CC(C)C)C(C(C)(C)C2C(CC(C)C)=C(CCCCC)c3ccccc32)c2ccccc21. The lowest BCUT2D eigenvalue weighted by Crippen LogP contribution is -2.31. The summed E-state index contributed by atoms with van der Waals surface area (Å²) >= 11 is 0. The zero-order chi connectivity index (χ0) is 28.2. The second kappa shape index (κ2) is 13.1. The molecule has 0 amide bonds. The Morgan fingerprint density at radius 3 is 1.33 bits per heavy atom. The van der Waals surface area contributed by atoms with Crippen molar-refractivity contribution in [3.63, 3.8) is 0 Å². The first kappa shape index (κ1) is 29.9. The van der Waals surface area contributed by atoms with E-state index in [1.54, 1.807) is 44.5 Å². The van der Waals surface area contributed by atoms with Crippen LogP contribution in [0.4, 0.5) is 0 Å². The van der Waals surface area contributed by atoms with Crippen LogP contribution in [0.1, 0.15) is 154 Å². The molecule has 0 heterocycles. The summed E-state index contributed by atoms with van der Waals surface area (Å²) in [6, 6.07) is 19.0. The highest BCUT2D eigenvalue weighted by Crippen LogP contribution is 2.63. The van der Waals surface area contributed by atoms with E-state index in [1.165, 1.54) is 64.2 Å². The number of benzene rings is 2. The normalized spacial score (nSPS) is 19.0. The van der Waals surface area contributed by atoms with Crippen molar-refractivity contribution in [3.8, 4) is 0 Å². The topological polar surface area (TPSA) is 0 Å². The summed E-state index contributed by atoms with van der Waals surface area (Å²) in [5.74, 6) is 2.28. The fourth-order valence-corrected chi connectivity index (χ4v) is 8.04. The minimum atomic E-state index is 0.0969. The molecule has 0 spiro atoms. The molecule has 0 aromatic heterocycles. The zero-order valence-electron chi connectivity index (χ0n) is 26.5. The Labute approximate surface area is 241 Å². The van der Waals surface area contributed by atoms with Crippen LogP contribution < -0.4 is 0 Å². The van der Waals surface area contributed by atoms with Gasteiger partial charge in [-0.15, -0.1) is 0 Å². The van der Waals surface area contributed by atoms with Crippen LogP contribution >= 0.6 is 0 Å². The summed E-state index contributed by atoms with van der Waals surface area (Å²) in [5.41, 5.74) is 13.3. The highest BCUT2D eigenvalue weighted by Gasteiger charge is 2.49. The van der Waals surface area contributed by atoms with E-state index in [0.29, 0.717) is 23.7 Å². The first-order chi connectivity index (χ1) is 18.7. The Balaban J connectivity index is 1.89. The number of allylic oxidation sites excluding steroid dienone is 4. The van der Waals surface area contributed by atoms with Crippen LogP contribution in [0.5, 0.6) is 0 Å². The van der Waals surface area contributed by atoms with Crippen molar-refractivity contribution in [1.29, 1.82) is 0 Å². The molecule has 0 heteroatoms. The van der Waals surface area contributed by atoms with Gasteiger partial charge in [0.25, 0.3) is 0 Å². The van der Waals surface area contributed by atoms with E-state index in [4.69, 9.17) is 0 Å². The molecule has 0 nitrogen and oxygen atoms in total. The minimum absolute atomic E-state index is 0.0969. The van der Waals surface area contributed by atoms with E-state index < -0.39 is 0 Å². The van der Waals surface area contributed by atoms with Gasteiger partial charge < -0.3 is 0 Å². The van der Waals surface area contributed by atoms with Gasteiger partial charge in [-0.1, -0.05) is 141 Å². The molecule has 2 unspecified atom stereocenters. The van der Waals surface area contributed by atoms with Gasteiger partial charge in [-0.05, 0) is 89.2 Å². The summed E-state index contributed by atoms with van der Waals surface area (Å²) in [5, 5.41) is 0. The molecule has 4 rings (SSSR count). The maximum atomic E-state index is 2.63. The molecule has 0 radical (unpaired) electrons. The van der Waals surface area contributed by atoms with Crippen molar-refractivity contribution in [3.05, 3.63) is 81.9 Å². The Morgan fingerprint density at radius 1 is 0.590 bits per heavy atom. The fourth-order valence-electron chi connectivity index (χ4n) is 8.04. The van der Waals surface area contributed by atoms with Crippen molar-refractivity contribution >= 4 is 11.1 Å². The maximum Gasteiger partial charge on any atom is 0.0120 e. The van der Waals surface area contributed by atoms with E-state index in [2.05, 4.69) is 104 Å². The molecule has 0 bridgehead atoms. The summed E-state index contributed by atoms with van der Waals surface area (Å²) < 4.78 is 0. The highest BCUT2D eigenvalue weighted by atomic mass is 14.5. The lowest BCUT2D eigenvalue weighted by atomic mass is 9.61. The van der Waals surface area contributed by atoms with Crippen molar-refractivity contribution in [2.45, 2.75) is 131 Å². The Kier molecular flexibility index (Phi) is 10.0. The molecule has 0 fully saturated rings. The predicted molar refractivity (Wildman–Crippen MR) is 173 cm³/mol. The van der Waals surface area contributed by atoms with Gasteiger partial charge in [-0.25, -0.2) is 0 Å². The van der Waals surface area contributed by atoms with Crippen molar-refractivity contribution in [2.24, 2.45) is 17.3 Å². The number of fused-ring (bicyclic) bond motifs is 2. The van der Waals surface area contributed by atoms with Crippen LogP contribution in [0.25, 0.3) is 11.1 Å². The summed E-state index contributed by atoms with van der Waals surface area (Å²) in [6.45, 7) is 19.6. The largest absolute Gasteiger partial charge is 0.0654 e. The first-order valence-electron chi connectivity index (χ1n) is 16.3. The van der Waals surface area contributed by atoms with Gasteiger partial charge in [-0.3, -0.25) is 0 Å². The second-order valence-corrected chi connectivity index (χ2v) is 14.0. The molecule has 0 N–H and O–H groups in total. The third-order valence-corrected chi connectivity index (χ3v) is 9.47. The Hall–Kier alpha value is -2.08. The highest BCUT2D eigenvalue weighted by molar-refractivity contribution is 5.81. The van der Waals surface area contributed by atoms with E-state index in [9.17, 15) is 0 Å². The number of rotatable bonds is 14. The molecular formula is C39H56. The van der Waals surface area contributed by atoms with Gasteiger partial charge in [0.05, 0.1) is 0 Å². The van der Waals surface area contributed by atoms with Crippen LogP contribution in [0.15, 0.2) is 59.7 Å². The second-order valence-electron chi connectivity index (χ2n) is 14.0. The first-order valence-corrected chi connectivity index (χ1v) is 16.3. The molecule has 2 aromatic carbocycles. The average molecular weight is 525 g/mol. The van der Waals surface area contributed by atoms with Crippen LogP contribution in [-0.2, 0) is 0 Å². The van der Waals surface area contributed by atoms with Crippen LogP contribution in [-0.4, -0.2) is 0 Å². The minimum Gasteiger partial charge on any atom is -0.0654 e.